The van der Waals surface area contributed by atoms with Crippen LogP contribution in [0.25, 0.3) is 0 Å². The molecule has 2 N–H and O–H groups in total. The van der Waals surface area contributed by atoms with Crippen molar-refractivity contribution in [3.05, 3.63) is 28.8 Å². The van der Waals surface area contributed by atoms with Gasteiger partial charge in [0.2, 0.25) is 0 Å². The van der Waals surface area contributed by atoms with Crippen molar-refractivity contribution < 1.29 is 9.53 Å². The standard InChI is InChI=1S/C13H16ClNO2/c14-11-6-10(7-12(15)8-11)13(16)17-5-4-9-2-1-3-9/h6-9H,1-5,15H2. The van der Waals surface area contributed by atoms with Crippen LogP contribution in [0.2, 0.25) is 5.02 Å². The Hall–Kier alpha value is -1.22. The largest absolute Gasteiger partial charge is 0.462 e. The van der Waals surface area contributed by atoms with Crippen LogP contribution in [-0.4, -0.2) is 12.6 Å². The lowest BCUT2D eigenvalue weighted by molar-refractivity contribution is 0.0464. The summed E-state index contributed by atoms with van der Waals surface area (Å²) in [5, 5.41) is 0.455. The molecule has 0 atom stereocenters. The zero-order chi connectivity index (χ0) is 12.3. The number of benzene rings is 1. The number of hydrogen-bond acceptors (Lipinski definition) is 3. The van der Waals surface area contributed by atoms with Gasteiger partial charge >= 0.3 is 5.97 Å². The summed E-state index contributed by atoms with van der Waals surface area (Å²) in [5.41, 5.74) is 6.51. The zero-order valence-corrected chi connectivity index (χ0v) is 10.4. The maximum atomic E-state index is 11.7. The lowest BCUT2D eigenvalue weighted by Gasteiger charge is -2.24. The Balaban J connectivity index is 1.85. The SMILES string of the molecule is Nc1cc(Cl)cc(C(=O)OCCC2CCC2)c1. The van der Waals surface area contributed by atoms with Crippen LogP contribution in [0.1, 0.15) is 36.0 Å². The highest BCUT2D eigenvalue weighted by Gasteiger charge is 2.18. The molecule has 0 aliphatic heterocycles. The van der Waals surface area contributed by atoms with Crippen LogP contribution in [0.4, 0.5) is 5.69 Å². The first-order valence-corrected chi connectivity index (χ1v) is 6.26. The molecule has 0 radical (unpaired) electrons. The van der Waals surface area contributed by atoms with Crippen molar-refractivity contribution >= 4 is 23.3 Å². The first-order chi connectivity index (χ1) is 8.15. The Morgan fingerprint density at radius 2 is 2.18 bits per heavy atom. The van der Waals surface area contributed by atoms with E-state index in [1.54, 1.807) is 18.2 Å². The number of carbonyl (C=O) groups excluding carboxylic acids is 1. The number of halogens is 1. The Kier molecular flexibility index (Phi) is 3.89. The number of nitrogen functional groups attached to an aromatic ring is 1. The average molecular weight is 254 g/mol. The van der Waals surface area contributed by atoms with E-state index in [2.05, 4.69) is 0 Å². The van der Waals surface area contributed by atoms with Crippen LogP contribution >= 0.6 is 11.6 Å². The number of esters is 1. The highest BCUT2D eigenvalue weighted by molar-refractivity contribution is 6.31. The molecule has 1 fully saturated rings. The van der Waals surface area contributed by atoms with E-state index in [-0.39, 0.29) is 5.97 Å². The fourth-order valence-electron chi connectivity index (χ4n) is 1.91. The molecule has 1 aliphatic rings. The first kappa shape index (κ1) is 12.2. The number of nitrogens with two attached hydrogens (primary N) is 1. The van der Waals surface area contributed by atoms with Gasteiger partial charge < -0.3 is 10.5 Å². The summed E-state index contributed by atoms with van der Waals surface area (Å²) in [6, 6.07) is 4.76. The van der Waals surface area contributed by atoms with Gasteiger partial charge in [0, 0.05) is 10.7 Å². The lowest BCUT2D eigenvalue weighted by atomic mass is 9.83. The van der Waals surface area contributed by atoms with Crippen molar-refractivity contribution in [2.75, 3.05) is 12.3 Å². The molecule has 1 saturated carbocycles. The fourth-order valence-corrected chi connectivity index (χ4v) is 2.16. The predicted octanol–water partition coefficient (Wildman–Crippen LogP) is 3.27. The maximum Gasteiger partial charge on any atom is 0.338 e. The average Bonchev–Trinajstić information content (AvgIpc) is 2.20. The van der Waals surface area contributed by atoms with Gasteiger partial charge in [-0.3, -0.25) is 0 Å². The van der Waals surface area contributed by atoms with Crippen LogP contribution in [0.15, 0.2) is 18.2 Å². The highest BCUT2D eigenvalue weighted by Crippen LogP contribution is 2.29. The molecular formula is C13H16ClNO2. The Bertz CT molecular complexity index is 396. The minimum absolute atomic E-state index is 0.349. The smallest absolute Gasteiger partial charge is 0.338 e. The normalized spacial score (nSPS) is 15.4. The second-order valence-electron chi connectivity index (χ2n) is 4.49. The summed E-state index contributed by atoms with van der Waals surface area (Å²) in [7, 11) is 0. The summed E-state index contributed by atoms with van der Waals surface area (Å²) in [4.78, 5) is 11.7. The summed E-state index contributed by atoms with van der Waals surface area (Å²) in [5.74, 6) is 0.394. The number of ether oxygens (including phenoxy) is 1. The van der Waals surface area contributed by atoms with E-state index in [4.69, 9.17) is 22.1 Å². The Morgan fingerprint density at radius 1 is 1.41 bits per heavy atom. The molecule has 3 nitrogen and oxygen atoms in total. The van der Waals surface area contributed by atoms with Gasteiger partial charge in [-0.25, -0.2) is 4.79 Å². The number of hydrogen-bond donors (Lipinski definition) is 1. The third kappa shape index (κ3) is 3.37. The molecule has 1 aromatic carbocycles. The minimum atomic E-state index is -0.349. The van der Waals surface area contributed by atoms with Gasteiger partial charge in [-0.2, -0.15) is 0 Å². The van der Waals surface area contributed by atoms with E-state index in [9.17, 15) is 4.79 Å². The monoisotopic (exact) mass is 253 g/mol. The molecule has 0 saturated heterocycles. The van der Waals surface area contributed by atoms with E-state index in [1.807, 2.05) is 0 Å². The second kappa shape index (κ2) is 5.41. The van der Waals surface area contributed by atoms with Gasteiger partial charge in [-0.15, -0.1) is 0 Å². The van der Waals surface area contributed by atoms with E-state index < -0.39 is 0 Å². The van der Waals surface area contributed by atoms with Gasteiger partial charge in [0.1, 0.15) is 0 Å². The van der Waals surface area contributed by atoms with E-state index in [0.717, 1.165) is 12.3 Å². The van der Waals surface area contributed by atoms with Crippen molar-refractivity contribution in [2.24, 2.45) is 5.92 Å². The molecule has 0 amide bonds. The first-order valence-electron chi connectivity index (χ1n) is 5.88. The number of carbonyl (C=O) groups is 1. The quantitative estimate of drug-likeness (QED) is 0.662. The molecule has 2 rings (SSSR count). The fraction of sp³-hybridized carbons (Fsp3) is 0.462. The van der Waals surface area contributed by atoms with Crippen molar-refractivity contribution in [3.63, 3.8) is 0 Å². The van der Waals surface area contributed by atoms with Gasteiger partial charge in [-0.05, 0) is 30.5 Å². The van der Waals surface area contributed by atoms with Crippen molar-refractivity contribution in [3.8, 4) is 0 Å². The third-order valence-electron chi connectivity index (χ3n) is 3.14. The molecule has 4 heteroatoms. The van der Waals surface area contributed by atoms with E-state index >= 15 is 0 Å². The number of anilines is 1. The Morgan fingerprint density at radius 3 is 2.76 bits per heavy atom. The Labute approximate surface area is 106 Å². The summed E-state index contributed by atoms with van der Waals surface area (Å²) >= 11 is 5.82. The van der Waals surface area contributed by atoms with Crippen LogP contribution in [0.3, 0.4) is 0 Å². The molecule has 17 heavy (non-hydrogen) atoms. The molecule has 0 spiro atoms. The molecule has 0 heterocycles. The summed E-state index contributed by atoms with van der Waals surface area (Å²) < 4.78 is 5.19. The van der Waals surface area contributed by atoms with Crippen LogP contribution in [-0.2, 0) is 4.74 Å². The lowest BCUT2D eigenvalue weighted by Crippen LogP contribution is -2.15. The maximum absolute atomic E-state index is 11.7. The minimum Gasteiger partial charge on any atom is -0.462 e. The number of rotatable bonds is 4. The van der Waals surface area contributed by atoms with Gasteiger partial charge in [-0.1, -0.05) is 30.9 Å². The molecule has 0 unspecified atom stereocenters. The molecule has 0 aromatic heterocycles. The van der Waals surface area contributed by atoms with E-state index in [1.165, 1.54) is 19.3 Å². The molecule has 1 aromatic rings. The predicted molar refractivity (Wildman–Crippen MR) is 68.1 cm³/mol. The molecule has 0 bridgehead atoms. The molecular weight excluding hydrogens is 238 g/mol. The highest BCUT2D eigenvalue weighted by atomic mass is 35.5. The topological polar surface area (TPSA) is 52.3 Å². The van der Waals surface area contributed by atoms with Gasteiger partial charge in [0.25, 0.3) is 0 Å². The van der Waals surface area contributed by atoms with Gasteiger partial charge in [0.15, 0.2) is 0 Å². The van der Waals surface area contributed by atoms with Gasteiger partial charge in [0.05, 0.1) is 12.2 Å². The molecule has 92 valence electrons. The van der Waals surface area contributed by atoms with Crippen molar-refractivity contribution in [2.45, 2.75) is 25.7 Å². The van der Waals surface area contributed by atoms with Crippen LogP contribution in [0, 0.1) is 5.92 Å². The van der Waals surface area contributed by atoms with Crippen molar-refractivity contribution in [1.29, 1.82) is 0 Å². The third-order valence-corrected chi connectivity index (χ3v) is 3.36. The summed E-state index contributed by atoms with van der Waals surface area (Å²) in [6.45, 7) is 0.482. The van der Waals surface area contributed by atoms with Crippen LogP contribution in [0.5, 0.6) is 0 Å². The molecule has 1 aliphatic carbocycles. The zero-order valence-electron chi connectivity index (χ0n) is 9.62. The van der Waals surface area contributed by atoms with Crippen molar-refractivity contribution in [1.82, 2.24) is 0 Å². The summed E-state index contributed by atoms with van der Waals surface area (Å²) in [6.07, 6.45) is 4.80. The second-order valence-corrected chi connectivity index (χ2v) is 4.93. The van der Waals surface area contributed by atoms with E-state index in [0.29, 0.717) is 22.9 Å². The van der Waals surface area contributed by atoms with Crippen LogP contribution < -0.4 is 5.73 Å².